The van der Waals surface area contributed by atoms with Crippen LogP contribution in [0.3, 0.4) is 0 Å². The van der Waals surface area contributed by atoms with E-state index in [2.05, 4.69) is 5.10 Å². The van der Waals surface area contributed by atoms with Gasteiger partial charge in [-0.25, -0.2) is 17.5 Å². The highest BCUT2D eigenvalue weighted by molar-refractivity contribution is 7.89. The third kappa shape index (κ3) is 5.64. The van der Waals surface area contributed by atoms with Gasteiger partial charge in [0.05, 0.1) is 11.9 Å². The van der Waals surface area contributed by atoms with E-state index < -0.39 is 26.5 Å². The van der Waals surface area contributed by atoms with E-state index >= 15 is 0 Å². The fourth-order valence-corrected chi connectivity index (χ4v) is 5.13. The van der Waals surface area contributed by atoms with E-state index in [9.17, 15) is 23.0 Å². The quantitative estimate of drug-likeness (QED) is 0.315. The van der Waals surface area contributed by atoms with Gasteiger partial charge in [0.15, 0.2) is 0 Å². The van der Waals surface area contributed by atoms with Crippen molar-refractivity contribution < 1.29 is 27.8 Å². The summed E-state index contributed by atoms with van der Waals surface area (Å²) in [6, 6.07) is 16.7. The van der Waals surface area contributed by atoms with Crippen LogP contribution in [0.4, 0.5) is 4.39 Å². The van der Waals surface area contributed by atoms with Gasteiger partial charge in [-0.2, -0.15) is 9.40 Å². The smallest absolute Gasteiger partial charge is 0.246 e. The van der Waals surface area contributed by atoms with Crippen molar-refractivity contribution >= 4 is 10.0 Å². The van der Waals surface area contributed by atoms with E-state index in [4.69, 9.17) is 4.74 Å². The number of likely N-dealkylation sites (N-methyl/N-ethyl adjacent to an activating group) is 1. The molecular weight excluding hydrogens is 511 g/mol. The Labute approximate surface area is 221 Å². The van der Waals surface area contributed by atoms with Crippen LogP contribution in [0.2, 0.25) is 0 Å². The summed E-state index contributed by atoms with van der Waals surface area (Å²) >= 11 is 0. The van der Waals surface area contributed by atoms with E-state index in [1.807, 2.05) is 19.0 Å². The number of aromatic hydroxyl groups is 2. The van der Waals surface area contributed by atoms with E-state index in [1.165, 1.54) is 42.2 Å². The molecule has 38 heavy (non-hydrogen) atoms. The summed E-state index contributed by atoms with van der Waals surface area (Å²) in [6.07, 6.45) is 1.40. The number of halogens is 1. The number of hydrogen-bond acceptors (Lipinski definition) is 7. The van der Waals surface area contributed by atoms with Crippen molar-refractivity contribution in [2.45, 2.75) is 11.4 Å². The molecule has 0 radical (unpaired) electrons. The zero-order chi connectivity index (χ0) is 27.4. The molecule has 0 amide bonds. The molecule has 0 saturated heterocycles. The molecule has 0 fully saturated rings. The lowest BCUT2D eigenvalue weighted by atomic mass is 10.1. The minimum Gasteiger partial charge on any atom is -0.507 e. The fraction of sp³-hybridized carbons (Fsp3) is 0.222. The number of aromatic nitrogens is 2. The molecule has 1 aromatic heterocycles. The minimum absolute atomic E-state index is 0.0245. The highest BCUT2D eigenvalue weighted by Gasteiger charge is 2.28. The summed E-state index contributed by atoms with van der Waals surface area (Å²) in [4.78, 5) is 1.56. The third-order valence-corrected chi connectivity index (χ3v) is 7.76. The zero-order valence-corrected chi connectivity index (χ0v) is 22.1. The molecule has 2 N–H and O–H groups in total. The fourth-order valence-electron chi connectivity index (χ4n) is 3.90. The first-order valence-corrected chi connectivity index (χ1v) is 13.2. The molecule has 3 aromatic carbocycles. The van der Waals surface area contributed by atoms with Gasteiger partial charge in [-0.15, -0.1) is 0 Å². The first-order chi connectivity index (χ1) is 18.1. The minimum atomic E-state index is -4.23. The largest absolute Gasteiger partial charge is 0.507 e. The number of nitrogens with zero attached hydrogens (tertiary/aromatic N) is 4. The highest BCUT2D eigenvalue weighted by atomic mass is 32.2. The maximum Gasteiger partial charge on any atom is 0.246 e. The lowest BCUT2D eigenvalue weighted by molar-refractivity contribution is 0.258. The van der Waals surface area contributed by atoms with E-state index in [0.29, 0.717) is 24.5 Å². The number of rotatable bonds is 10. The Morgan fingerprint density at radius 3 is 2.42 bits per heavy atom. The lowest BCUT2D eigenvalue weighted by Crippen LogP contribution is -2.27. The van der Waals surface area contributed by atoms with Crippen molar-refractivity contribution in [3.05, 3.63) is 84.3 Å². The average molecular weight is 541 g/mol. The highest BCUT2D eigenvalue weighted by Crippen LogP contribution is 2.39. The third-order valence-electron chi connectivity index (χ3n) is 5.93. The lowest BCUT2D eigenvalue weighted by Gasteiger charge is -2.21. The van der Waals surface area contributed by atoms with Crippen LogP contribution >= 0.6 is 0 Å². The molecule has 0 bridgehead atoms. The van der Waals surface area contributed by atoms with Crippen LogP contribution in [-0.2, 0) is 16.6 Å². The Kier molecular flexibility index (Phi) is 8.00. The molecule has 0 aliphatic rings. The van der Waals surface area contributed by atoms with Crippen LogP contribution in [0.25, 0.3) is 16.9 Å². The Balaban J connectivity index is 1.68. The number of phenols is 2. The van der Waals surface area contributed by atoms with Crippen molar-refractivity contribution in [2.24, 2.45) is 0 Å². The van der Waals surface area contributed by atoms with Gasteiger partial charge in [-0.3, -0.25) is 0 Å². The summed E-state index contributed by atoms with van der Waals surface area (Å²) in [5.41, 5.74) is 1.06. The Bertz CT molecular complexity index is 1540. The second-order valence-electron chi connectivity index (χ2n) is 8.94. The molecule has 0 atom stereocenters. The topological polar surface area (TPSA) is 108 Å². The van der Waals surface area contributed by atoms with Crippen molar-refractivity contribution in [1.29, 1.82) is 0 Å². The summed E-state index contributed by atoms with van der Waals surface area (Å²) in [7, 11) is 1.02. The van der Waals surface area contributed by atoms with Crippen LogP contribution in [-0.4, -0.2) is 71.9 Å². The molecule has 9 nitrogen and oxygen atoms in total. The molecule has 11 heteroatoms. The number of hydrogen-bond donors (Lipinski definition) is 2. The van der Waals surface area contributed by atoms with Gasteiger partial charge in [-0.1, -0.05) is 30.3 Å². The molecule has 0 aliphatic carbocycles. The van der Waals surface area contributed by atoms with Crippen molar-refractivity contribution in [3.63, 3.8) is 0 Å². The molecule has 1 heterocycles. The van der Waals surface area contributed by atoms with Gasteiger partial charge in [0.25, 0.3) is 0 Å². The normalized spacial score (nSPS) is 11.8. The predicted molar refractivity (Wildman–Crippen MR) is 141 cm³/mol. The molecule has 0 spiro atoms. The van der Waals surface area contributed by atoms with E-state index in [1.54, 1.807) is 30.3 Å². The molecule has 200 valence electrons. The van der Waals surface area contributed by atoms with Crippen molar-refractivity contribution in [2.75, 3.05) is 34.3 Å². The number of para-hydroxylation sites is 2. The van der Waals surface area contributed by atoms with E-state index in [-0.39, 0.29) is 29.2 Å². The zero-order valence-electron chi connectivity index (χ0n) is 21.2. The van der Waals surface area contributed by atoms with Gasteiger partial charge in [0.2, 0.25) is 10.0 Å². The van der Waals surface area contributed by atoms with Gasteiger partial charge in [-0.05, 0) is 44.4 Å². The van der Waals surface area contributed by atoms with Crippen molar-refractivity contribution in [1.82, 2.24) is 19.0 Å². The summed E-state index contributed by atoms with van der Waals surface area (Å²) in [5.74, 6) is -0.997. The number of phenolic OH excluding ortho intramolecular Hbond substituents is 2. The second-order valence-corrected chi connectivity index (χ2v) is 11.0. The van der Waals surface area contributed by atoms with Gasteiger partial charge >= 0.3 is 0 Å². The Hall–Kier alpha value is -3.93. The summed E-state index contributed by atoms with van der Waals surface area (Å²) < 4.78 is 49.8. The predicted octanol–water partition coefficient (Wildman–Crippen LogP) is 3.85. The molecule has 4 rings (SSSR count). The molecule has 0 aliphatic heterocycles. The van der Waals surface area contributed by atoms with Crippen LogP contribution in [0.1, 0.15) is 5.56 Å². The van der Waals surface area contributed by atoms with Crippen LogP contribution in [0.15, 0.2) is 77.8 Å². The monoisotopic (exact) mass is 540 g/mol. The number of sulfonamides is 1. The van der Waals surface area contributed by atoms with Crippen LogP contribution in [0.5, 0.6) is 17.2 Å². The number of benzene rings is 3. The van der Waals surface area contributed by atoms with Gasteiger partial charge < -0.3 is 19.8 Å². The number of ether oxygens (including phenoxy) is 1. The Morgan fingerprint density at radius 2 is 1.68 bits per heavy atom. The first kappa shape index (κ1) is 27.1. The standard InChI is InChI=1S/C27H29FN4O5S/c1-30(2)14-15-37-26-11-7-4-8-19(26)18-31(3)38(35,36)27-16-20(24(33)17-25(27)34)22-12-13-29-32(22)23-10-6-5-9-21(23)28/h4-13,16-17,33-34H,14-15,18H2,1-3H3. The Morgan fingerprint density at radius 1 is 0.974 bits per heavy atom. The van der Waals surface area contributed by atoms with Gasteiger partial charge in [0.1, 0.15) is 40.3 Å². The average Bonchev–Trinajstić information content (AvgIpc) is 3.34. The molecular formula is C27H29FN4O5S. The summed E-state index contributed by atoms with van der Waals surface area (Å²) in [5, 5.41) is 25.3. The molecule has 0 unspecified atom stereocenters. The molecule has 4 aromatic rings. The van der Waals surface area contributed by atoms with Crippen LogP contribution < -0.4 is 4.74 Å². The maximum atomic E-state index is 14.5. The molecule has 0 saturated carbocycles. The first-order valence-electron chi connectivity index (χ1n) is 11.8. The SMILES string of the molecule is CN(C)CCOc1ccccc1CN(C)S(=O)(=O)c1cc(-c2ccnn2-c2ccccc2F)c(O)cc1O. The maximum absolute atomic E-state index is 14.5. The van der Waals surface area contributed by atoms with Gasteiger partial charge in [0, 0.05) is 37.3 Å². The van der Waals surface area contributed by atoms with Crippen molar-refractivity contribution in [3.8, 4) is 34.2 Å². The van der Waals surface area contributed by atoms with E-state index in [0.717, 1.165) is 16.4 Å². The summed E-state index contributed by atoms with van der Waals surface area (Å²) in [6.45, 7) is 1.09. The van der Waals surface area contributed by atoms with Crippen LogP contribution in [0, 0.1) is 5.82 Å². The second kappa shape index (κ2) is 11.2.